The average molecular weight is 211 g/mol. The van der Waals surface area contributed by atoms with Gasteiger partial charge in [-0.2, -0.15) is 0 Å². The van der Waals surface area contributed by atoms with Gasteiger partial charge in [-0.3, -0.25) is 0 Å². The summed E-state index contributed by atoms with van der Waals surface area (Å²) < 4.78 is 18.4. The molecule has 1 aromatic rings. The van der Waals surface area contributed by atoms with Crippen molar-refractivity contribution in [3.63, 3.8) is 0 Å². The lowest BCUT2D eigenvalue weighted by atomic mass is 9.97. The van der Waals surface area contributed by atoms with Crippen LogP contribution in [-0.4, -0.2) is 16.9 Å². The van der Waals surface area contributed by atoms with Gasteiger partial charge in [-0.05, 0) is 43.5 Å². The Labute approximate surface area is 87.7 Å². The van der Waals surface area contributed by atoms with Crippen molar-refractivity contribution >= 4 is 0 Å². The van der Waals surface area contributed by atoms with Crippen molar-refractivity contribution in [2.75, 3.05) is 0 Å². The van der Waals surface area contributed by atoms with Crippen molar-refractivity contribution in [1.29, 1.82) is 0 Å². The minimum atomic E-state index is -1.36. The van der Waals surface area contributed by atoms with Crippen LogP contribution in [0.4, 0.5) is 4.39 Å². The Bertz CT molecular complexity index is 373. The molecular weight excluding hydrogens is 197 g/mol. The highest BCUT2D eigenvalue weighted by Gasteiger charge is 2.32. The lowest BCUT2D eigenvalue weighted by molar-refractivity contribution is -0.0517. The number of fused-ring (bicyclic) bond motifs is 1. The first-order valence-electron chi connectivity index (χ1n) is 4.93. The van der Waals surface area contributed by atoms with Gasteiger partial charge in [-0.15, -0.1) is 0 Å². The smallest absolute Gasteiger partial charge is 0.147 e. The van der Waals surface area contributed by atoms with Crippen molar-refractivity contribution in [1.82, 2.24) is 0 Å². The highest BCUT2D eigenvalue weighted by Crippen LogP contribution is 2.30. The summed E-state index contributed by atoms with van der Waals surface area (Å²) in [6.45, 7) is 1.51. The maximum Gasteiger partial charge on any atom is 0.147 e. The maximum atomic E-state index is 12.9. The molecule has 2 atom stereocenters. The summed E-state index contributed by atoms with van der Waals surface area (Å²) in [6.07, 6.45) is 0.834. The molecule has 82 valence electrons. The summed E-state index contributed by atoms with van der Waals surface area (Å²) in [6, 6.07) is 4.37. The van der Waals surface area contributed by atoms with Gasteiger partial charge in [0.1, 0.15) is 23.4 Å². The third kappa shape index (κ3) is 2.11. The van der Waals surface area contributed by atoms with E-state index in [9.17, 15) is 9.50 Å². The Morgan fingerprint density at radius 1 is 1.60 bits per heavy atom. The number of hydrogen-bond acceptors (Lipinski definition) is 3. The number of halogens is 1. The van der Waals surface area contributed by atoms with Crippen LogP contribution in [-0.2, 0) is 6.42 Å². The number of aryl methyl sites for hydroxylation is 1. The number of nitrogens with two attached hydrogens (primary N) is 1. The van der Waals surface area contributed by atoms with E-state index in [2.05, 4.69) is 0 Å². The van der Waals surface area contributed by atoms with E-state index in [1.807, 2.05) is 0 Å². The van der Waals surface area contributed by atoms with Gasteiger partial charge in [0.05, 0.1) is 0 Å². The SMILES string of the molecule is CC(N)(O)[C@H]1CCc2cc(F)ccc2O1. The van der Waals surface area contributed by atoms with Crippen LogP contribution < -0.4 is 10.5 Å². The summed E-state index contributed by atoms with van der Waals surface area (Å²) in [4.78, 5) is 0. The molecule has 1 aromatic carbocycles. The van der Waals surface area contributed by atoms with Crippen LogP contribution >= 0.6 is 0 Å². The fourth-order valence-electron chi connectivity index (χ4n) is 1.77. The Morgan fingerprint density at radius 2 is 2.33 bits per heavy atom. The molecule has 0 fully saturated rings. The minimum absolute atomic E-state index is 0.268. The zero-order valence-corrected chi connectivity index (χ0v) is 8.53. The molecule has 0 bridgehead atoms. The monoisotopic (exact) mass is 211 g/mol. The Hall–Kier alpha value is -1.13. The van der Waals surface area contributed by atoms with Crippen molar-refractivity contribution in [2.24, 2.45) is 5.73 Å². The molecule has 1 aliphatic rings. The predicted octanol–water partition coefficient (Wildman–Crippen LogP) is 1.19. The Balaban J connectivity index is 2.24. The molecule has 0 radical (unpaired) electrons. The Morgan fingerprint density at radius 3 is 3.00 bits per heavy atom. The minimum Gasteiger partial charge on any atom is -0.486 e. The molecule has 1 heterocycles. The lowest BCUT2D eigenvalue weighted by Crippen LogP contribution is -2.52. The van der Waals surface area contributed by atoms with Gasteiger partial charge in [-0.25, -0.2) is 4.39 Å². The van der Waals surface area contributed by atoms with Gasteiger partial charge in [0, 0.05) is 0 Å². The topological polar surface area (TPSA) is 55.5 Å². The molecule has 0 saturated heterocycles. The first kappa shape index (κ1) is 10.4. The van der Waals surface area contributed by atoms with E-state index < -0.39 is 11.8 Å². The van der Waals surface area contributed by atoms with Gasteiger partial charge in [0.2, 0.25) is 0 Å². The third-order valence-corrected chi connectivity index (χ3v) is 2.62. The standard InChI is InChI=1S/C11H14FNO2/c1-11(13,14)10-5-2-7-6-8(12)3-4-9(7)15-10/h3-4,6,10,14H,2,5,13H2,1H3/t10-,11?/m1/s1. The van der Waals surface area contributed by atoms with Crippen LogP contribution in [0, 0.1) is 5.82 Å². The zero-order chi connectivity index (χ0) is 11.1. The van der Waals surface area contributed by atoms with E-state index in [-0.39, 0.29) is 5.82 Å². The summed E-state index contributed by atoms with van der Waals surface area (Å²) in [5.41, 5.74) is 5.03. The summed E-state index contributed by atoms with van der Waals surface area (Å²) in [5, 5.41) is 9.60. The van der Waals surface area contributed by atoms with Gasteiger partial charge in [0.25, 0.3) is 0 Å². The molecule has 3 N–H and O–H groups in total. The van der Waals surface area contributed by atoms with E-state index in [1.54, 1.807) is 6.07 Å². The predicted molar refractivity (Wildman–Crippen MR) is 53.9 cm³/mol. The summed E-state index contributed by atoms with van der Waals surface area (Å²) in [7, 11) is 0. The second-order valence-electron chi connectivity index (χ2n) is 4.12. The molecule has 15 heavy (non-hydrogen) atoms. The lowest BCUT2D eigenvalue weighted by Gasteiger charge is -2.33. The highest BCUT2D eigenvalue weighted by atomic mass is 19.1. The molecule has 0 spiro atoms. The van der Waals surface area contributed by atoms with Gasteiger partial charge in [-0.1, -0.05) is 0 Å². The molecule has 0 aromatic heterocycles. The van der Waals surface area contributed by atoms with Gasteiger partial charge in [0.15, 0.2) is 0 Å². The van der Waals surface area contributed by atoms with Crippen molar-refractivity contribution in [3.8, 4) is 5.75 Å². The van der Waals surface area contributed by atoms with Gasteiger partial charge < -0.3 is 15.6 Å². The third-order valence-electron chi connectivity index (χ3n) is 2.62. The maximum absolute atomic E-state index is 12.9. The van der Waals surface area contributed by atoms with Crippen molar-refractivity contribution in [3.05, 3.63) is 29.6 Å². The number of hydrogen-bond donors (Lipinski definition) is 2. The average Bonchev–Trinajstić information content (AvgIpc) is 2.15. The normalized spacial score (nSPS) is 23.9. The number of ether oxygens (including phenoxy) is 1. The van der Waals surface area contributed by atoms with E-state index >= 15 is 0 Å². The fraction of sp³-hybridized carbons (Fsp3) is 0.455. The van der Waals surface area contributed by atoms with Gasteiger partial charge >= 0.3 is 0 Å². The van der Waals surface area contributed by atoms with E-state index in [0.717, 1.165) is 5.56 Å². The number of benzene rings is 1. The quantitative estimate of drug-likeness (QED) is 0.686. The van der Waals surface area contributed by atoms with E-state index in [0.29, 0.717) is 18.6 Å². The number of aliphatic hydroxyl groups is 1. The molecular formula is C11H14FNO2. The fourth-order valence-corrected chi connectivity index (χ4v) is 1.77. The van der Waals surface area contributed by atoms with E-state index in [1.165, 1.54) is 19.1 Å². The molecule has 4 heteroatoms. The molecule has 1 aliphatic heterocycles. The van der Waals surface area contributed by atoms with Crippen LogP contribution in [0.25, 0.3) is 0 Å². The van der Waals surface area contributed by atoms with Crippen LogP contribution in [0.15, 0.2) is 18.2 Å². The zero-order valence-electron chi connectivity index (χ0n) is 8.53. The summed E-state index contributed by atoms with van der Waals surface area (Å²) >= 11 is 0. The van der Waals surface area contributed by atoms with Crippen LogP contribution in [0.3, 0.4) is 0 Å². The second kappa shape index (κ2) is 3.47. The Kier molecular flexibility index (Phi) is 2.40. The molecule has 0 aliphatic carbocycles. The highest BCUT2D eigenvalue weighted by molar-refractivity contribution is 5.36. The van der Waals surface area contributed by atoms with Crippen molar-refractivity contribution < 1.29 is 14.2 Å². The van der Waals surface area contributed by atoms with Crippen molar-refractivity contribution in [2.45, 2.75) is 31.6 Å². The van der Waals surface area contributed by atoms with E-state index in [4.69, 9.17) is 10.5 Å². The van der Waals surface area contributed by atoms with Crippen LogP contribution in [0.2, 0.25) is 0 Å². The molecule has 2 rings (SSSR count). The molecule has 0 amide bonds. The first-order chi connectivity index (χ1) is 6.97. The number of rotatable bonds is 1. The van der Waals surface area contributed by atoms with Crippen LogP contribution in [0.1, 0.15) is 18.9 Å². The second-order valence-corrected chi connectivity index (χ2v) is 4.12. The molecule has 3 nitrogen and oxygen atoms in total. The van der Waals surface area contributed by atoms with Crippen LogP contribution in [0.5, 0.6) is 5.75 Å². The molecule has 1 unspecified atom stereocenters. The largest absolute Gasteiger partial charge is 0.486 e. The first-order valence-corrected chi connectivity index (χ1v) is 4.93. The molecule has 0 saturated carbocycles. The summed E-state index contributed by atoms with van der Waals surface area (Å²) in [5.74, 6) is 0.341.